The van der Waals surface area contributed by atoms with Gasteiger partial charge < -0.3 is 15.7 Å². The molecule has 1 saturated carbocycles. The highest BCUT2D eigenvalue weighted by Gasteiger charge is 2.39. The number of β-amino-alcohol motifs (C(OH)–C–C–N with tert-alkyl or cyclic N) is 1. The second kappa shape index (κ2) is 11.2. The number of aliphatic hydroxyl groups excluding tert-OH is 1. The van der Waals surface area contributed by atoms with E-state index in [1.807, 2.05) is 32.0 Å². The number of amides is 2. The van der Waals surface area contributed by atoms with E-state index in [-0.39, 0.29) is 24.3 Å². The maximum atomic E-state index is 13.9. The maximum absolute atomic E-state index is 13.9. The Kier molecular flexibility index (Phi) is 8.02. The first-order valence-corrected chi connectivity index (χ1v) is 12.8. The van der Waals surface area contributed by atoms with E-state index in [1.165, 1.54) is 11.3 Å². The largest absolute Gasteiger partial charge is 0.392 e. The third-order valence-electron chi connectivity index (χ3n) is 7.25. The van der Waals surface area contributed by atoms with Gasteiger partial charge >= 0.3 is 0 Å². The van der Waals surface area contributed by atoms with Crippen LogP contribution in [0.1, 0.15) is 69.5 Å². The van der Waals surface area contributed by atoms with Crippen LogP contribution in [-0.2, 0) is 15.0 Å². The SMILES string of the molecule is CC(C)(C#N)c1ccc(N(C(=O)C2CC(O)CN2)C(C(=O)NC2CCCCC2)c2cccnc2)cc1. The van der Waals surface area contributed by atoms with Crippen LogP contribution in [0.3, 0.4) is 0 Å². The Hall–Kier alpha value is -3.28. The summed E-state index contributed by atoms with van der Waals surface area (Å²) in [6.45, 7) is 4.00. The Morgan fingerprint density at radius 2 is 1.92 bits per heavy atom. The summed E-state index contributed by atoms with van der Waals surface area (Å²) in [6.07, 6.45) is 8.09. The Labute approximate surface area is 212 Å². The van der Waals surface area contributed by atoms with E-state index in [0.717, 1.165) is 31.2 Å². The quantitative estimate of drug-likeness (QED) is 0.550. The van der Waals surface area contributed by atoms with E-state index in [0.29, 0.717) is 17.8 Å². The van der Waals surface area contributed by atoms with Gasteiger partial charge in [-0.3, -0.25) is 19.5 Å². The minimum absolute atomic E-state index is 0.0765. The van der Waals surface area contributed by atoms with E-state index >= 15 is 0 Å². The van der Waals surface area contributed by atoms with Crippen molar-refractivity contribution in [2.45, 2.75) is 82.0 Å². The molecule has 8 nitrogen and oxygen atoms in total. The number of hydrogen-bond acceptors (Lipinski definition) is 6. The van der Waals surface area contributed by atoms with Gasteiger partial charge in [-0.2, -0.15) is 5.26 Å². The van der Waals surface area contributed by atoms with Crippen molar-refractivity contribution in [3.8, 4) is 6.07 Å². The summed E-state index contributed by atoms with van der Waals surface area (Å²) in [5.74, 6) is -0.533. The number of aromatic nitrogens is 1. The molecule has 1 aliphatic carbocycles. The van der Waals surface area contributed by atoms with Crippen molar-refractivity contribution in [3.05, 3.63) is 59.9 Å². The zero-order chi connectivity index (χ0) is 25.7. The summed E-state index contributed by atoms with van der Waals surface area (Å²) >= 11 is 0. The molecule has 3 atom stereocenters. The number of carbonyl (C=O) groups excluding carboxylic acids is 2. The van der Waals surface area contributed by atoms with Crippen molar-refractivity contribution in [2.75, 3.05) is 11.4 Å². The Morgan fingerprint density at radius 3 is 2.50 bits per heavy atom. The average molecular weight is 490 g/mol. The molecule has 8 heteroatoms. The summed E-state index contributed by atoms with van der Waals surface area (Å²) in [4.78, 5) is 33.5. The summed E-state index contributed by atoms with van der Waals surface area (Å²) in [7, 11) is 0. The summed E-state index contributed by atoms with van der Waals surface area (Å²) in [5.41, 5.74) is 1.29. The topological polar surface area (TPSA) is 118 Å². The van der Waals surface area contributed by atoms with Gasteiger partial charge in [0.2, 0.25) is 11.8 Å². The van der Waals surface area contributed by atoms with Crippen LogP contribution < -0.4 is 15.5 Å². The van der Waals surface area contributed by atoms with Crippen LogP contribution in [-0.4, -0.2) is 46.6 Å². The number of rotatable bonds is 7. The van der Waals surface area contributed by atoms with Crippen LogP contribution in [0.5, 0.6) is 0 Å². The predicted molar refractivity (Wildman–Crippen MR) is 137 cm³/mol. The third kappa shape index (κ3) is 5.75. The molecule has 1 saturated heterocycles. The number of aliphatic hydroxyl groups is 1. The fraction of sp³-hybridized carbons (Fsp3) is 0.500. The molecule has 190 valence electrons. The fourth-order valence-corrected chi connectivity index (χ4v) is 5.06. The second-order valence-electron chi connectivity index (χ2n) is 10.4. The van der Waals surface area contributed by atoms with Gasteiger partial charge in [0.05, 0.1) is 23.6 Å². The molecule has 1 aromatic carbocycles. The highest BCUT2D eigenvalue weighted by molar-refractivity contribution is 6.04. The van der Waals surface area contributed by atoms with Crippen LogP contribution in [0.15, 0.2) is 48.8 Å². The lowest BCUT2D eigenvalue weighted by molar-refractivity contribution is -0.128. The van der Waals surface area contributed by atoms with Crippen molar-refractivity contribution in [1.82, 2.24) is 15.6 Å². The lowest BCUT2D eigenvalue weighted by Crippen LogP contribution is -2.51. The zero-order valence-electron chi connectivity index (χ0n) is 21.0. The molecule has 36 heavy (non-hydrogen) atoms. The number of pyridine rings is 1. The van der Waals surface area contributed by atoms with Crippen LogP contribution in [0.4, 0.5) is 5.69 Å². The number of nitrogens with one attached hydrogen (secondary N) is 2. The first kappa shape index (κ1) is 25.8. The van der Waals surface area contributed by atoms with E-state index < -0.39 is 23.6 Å². The van der Waals surface area contributed by atoms with Gasteiger partial charge in [-0.05, 0) is 56.9 Å². The molecule has 3 unspecified atom stereocenters. The van der Waals surface area contributed by atoms with E-state index in [2.05, 4.69) is 21.7 Å². The number of benzene rings is 1. The predicted octanol–water partition coefficient (Wildman–Crippen LogP) is 3.13. The van der Waals surface area contributed by atoms with Crippen LogP contribution in [0, 0.1) is 11.3 Å². The molecule has 2 aliphatic rings. The minimum atomic E-state index is -0.928. The average Bonchev–Trinajstić information content (AvgIpc) is 3.34. The number of hydrogen-bond donors (Lipinski definition) is 3. The van der Waals surface area contributed by atoms with Gasteiger partial charge in [-0.15, -0.1) is 0 Å². The molecule has 0 spiro atoms. The summed E-state index contributed by atoms with van der Waals surface area (Å²) in [6, 6.07) is 11.6. The first-order valence-electron chi connectivity index (χ1n) is 12.8. The maximum Gasteiger partial charge on any atom is 0.248 e. The first-order chi connectivity index (χ1) is 17.3. The van der Waals surface area contributed by atoms with Gasteiger partial charge in [0.15, 0.2) is 0 Å². The second-order valence-corrected chi connectivity index (χ2v) is 10.4. The third-order valence-corrected chi connectivity index (χ3v) is 7.25. The molecule has 3 N–H and O–H groups in total. The lowest BCUT2D eigenvalue weighted by Gasteiger charge is -2.35. The molecule has 2 amide bonds. The summed E-state index contributed by atoms with van der Waals surface area (Å²) in [5, 5.41) is 25.9. The molecule has 1 aliphatic heterocycles. The minimum Gasteiger partial charge on any atom is -0.392 e. The Balaban J connectivity index is 1.75. The fourth-order valence-electron chi connectivity index (χ4n) is 5.06. The Morgan fingerprint density at radius 1 is 1.19 bits per heavy atom. The van der Waals surface area contributed by atoms with Crippen LogP contribution in [0.2, 0.25) is 0 Å². The lowest BCUT2D eigenvalue weighted by atomic mass is 9.86. The normalized spacial score (nSPS) is 21.4. The van der Waals surface area contributed by atoms with Crippen LogP contribution >= 0.6 is 0 Å². The van der Waals surface area contributed by atoms with Crippen molar-refractivity contribution >= 4 is 17.5 Å². The molecule has 2 fully saturated rings. The molecule has 2 aromatic rings. The van der Waals surface area contributed by atoms with Crippen LogP contribution in [0.25, 0.3) is 0 Å². The highest BCUT2D eigenvalue weighted by atomic mass is 16.3. The van der Waals surface area contributed by atoms with Gasteiger partial charge in [0, 0.05) is 36.2 Å². The van der Waals surface area contributed by atoms with Gasteiger partial charge in [0.25, 0.3) is 0 Å². The molecule has 0 bridgehead atoms. The highest BCUT2D eigenvalue weighted by Crippen LogP contribution is 2.32. The molecule has 4 rings (SSSR count). The monoisotopic (exact) mass is 489 g/mol. The standard InChI is InChI=1S/C28H35N5O3/c1-28(2,18-29)20-10-12-22(13-11-20)33(27(36)24-15-23(34)17-31-24)25(19-7-6-14-30-16-19)26(35)32-21-8-4-3-5-9-21/h6-7,10-14,16,21,23-25,31,34H,3-5,8-9,15,17H2,1-2H3,(H,32,35). The Bertz CT molecular complexity index is 1090. The summed E-state index contributed by atoms with van der Waals surface area (Å²) < 4.78 is 0. The van der Waals surface area contributed by atoms with Gasteiger partial charge in [-0.1, -0.05) is 37.5 Å². The van der Waals surface area contributed by atoms with Crippen molar-refractivity contribution in [3.63, 3.8) is 0 Å². The number of anilines is 1. The number of carbonyl (C=O) groups is 2. The zero-order valence-corrected chi connectivity index (χ0v) is 21.0. The van der Waals surface area contributed by atoms with Crippen molar-refractivity contribution in [1.29, 1.82) is 5.26 Å². The van der Waals surface area contributed by atoms with E-state index in [9.17, 15) is 20.0 Å². The number of nitrogens with zero attached hydrogens (tertiary/aromatic N) is 3. The van der Waals surface area contributed by atoms with Gasteiger partial charge in [0.1, 0.15) is 6.04 Å². The van der Waals surface area contributed by atoms with Gasteiger partial charge in [-0.25, -0.2) is 0 Å². The van der Waals surface area contributed by atoms with E-state index in [4.69, 9.17) is 0 Å². The molecular weight excluding hydrogens is 454 g/mol. The van der Waals surface area contributed by atoms with Crippen molar-refractivity contribution in [2.24, 2.45) is 0 Å². The van der Waals surface area contributed by atoms with Crippen molar-refractivity contribution < 1.29 is 14.7 Å². The molecular formula is C28H35N5O3. The number of nitriles is 1. The molecule has 1 aromatic heterocycles. The smallest absolute Gasteiger partial charge is 0.248 e. The molecule has 0 radical (unpaired) electrons. The van der Waals surface area contributed by atoms with E-state index in [1.54, 1.807) is 30.6 Å². The molecule has 2 heterocycles.